The number of carbonyl (C=O) groups is 1. The number of hydrogen-bond donors (Lipinski definition) is 1. The van der Waals surface area contributed by atoms with Crippen molar-refractivity contribution >= 4 is 27.7 Å². The highest BCUT2D eigenvalue weighted by molar-refractivity contribution is 9.10. The molecule has 0 bridgehead atoms. The van der Waals surface area contributed by atoms with E-state index in [4.69, 9.17) is 4.52 Å². The van der Waals surface area contributed by atoms with Crippen LogP contribution in [0.25, 0.3) is 0 Å². The molecule has 1 aromatic carbocycles. The number of benzene rings is 1. The highest BCUT2D eigenvalue weighted by atomic mass is 79.9. The van der Waals surface area contributed by atoms with Gasteiger partial charge in [-0.15, -0.1) is 0 Å². The summed E-state index contributed by atoms with van der Waals surface area (Å²) >= 11 is 3.10. The fourth-order valence-electron chi connectivity index (χ4n) is 2.38. The fourth-order valence-corrected chi connectivity index (χ4v) is 2.71. The van der Waals surface area contributed by atoms with Gasteiger partial charge < -0.3 is 9.84 Å². The molecule has 0 saturated heterocycles. The van der Waals surface area contributed by atoms with Crippen molar-refractivity contribution in [3.8, 4) is 0 Å². The fraction of sp³-hybridized carbons (Fsp3) is 0.333. The highest BCUT2D eigenvalue weighted by Gasteiger charge is 2.66. The Labute approximate surface area is 142 Å². The third kappa shape index (κ3) is 3.17. The van der Waals surface area contributed by atoms with Gasteiger partial charge in [-0.05, 0) is 30.5 Å². The lowest BCUT2D eigenvalue weighted by Crippen LogP contribution is -2.28. The molecule has 1 saturated carbocycles. The molecule has 0 spiro atoms. The molecular weight excluding hydrogens is 396 g/mol. The summed E-state index contributed by atoms with van der Waals surface area (Å²) in [7, 11) is 0. The van der Waals surface area contributed by atoms with E-state index >= 15 is 0 Å². The van der Waals surface area contributed by atoms with E-state index in [1.54, 1.807) is 6.07 Å². The molecule has 1 aliphatic carbocycles. The van der Waals surface area contributed by atoms with Gasteiger partial charge in [0, 0.05) is 10.5 Å². The Morgan fingerprint density at radius 2 is 2.04 bits per heavy atom. The van der Waals surface area contributed by atoms with Crippen LogP contribution in [0.1, 0.15) is 24.2 Å². The summed E-state index contributed by atoms with van der Waals surface area (Å²) < 4.78 is 58.0. The normalized spacial score (nSPS) is 16.0. The second-order valence-corrected chi connectivity index (χ2v) is 6.53. The highest BCUT2D eigenvalue weighted by Crippen LogP contribution is 2.59. The number of nitrogens with zero attached hydrogens (tertiary/aromatic N) is 1. The number of alkyl halides is 3. The molecule has 2 aromatic rings. The number of hydrogen-bond acceptors (Lipinski definition) is 3. The first-order chi connectivity index (χ1) is 11.2. The first kappa shape index (κ1) is 16.9. The van der Waals surface area contributed by atoms with E-state index in [2.05, 4.69) is 26.4 Å². The molecule has 1 amide bonds. The topological polar surface area (TPSA) is 55.1 Å². The summed E-state index contributed by atoms with van der Waals surface area (Å²) in [6.07, 6.45) is -4.83. The van der Waals surface area contributed by atoms with Crippen LogP contribution in [0.5, 0.6) is 0 Å². The standard InChI is InChI=1S/C15H11BrF4N2O2/c16-9-2-1-8(10(17)6-9)5-13(23)21-12-7-11(24-22-12)14(3-4-14)15(18,19)20/h1-2,6-7H,3-5H2,(H,21,22,23). The van der Waals surface area contributed by atoms with Gasteiger partial charge in [-0.1, -0.05) is 27.2 Å². The number of carbonyl (C=O) groups excluding carboxylic acids is 1. The number of anilines is 1. The van der Waals surface area contributed by atoms with Crippen molar-refractivity contribution in [2.24, 2.45) is 0 Å². The summed E-state index contributed by atoms with van der Waals surface area (Å²) in [4.78, 5) is 11.9. The maximum atomic E-state index is 13.7. The molecule has 0 aliphatic heterocycles. The van der Waals surface area contributed by atoms with Gasteiger partial charge in [-0.25, -0.2) is 4.39 Å². The maximum absolute atomic E-state index is 13.7. The Morgan fingerprint density at radius 1 is 1.33 bits per heavy atom. The maximum Gasteiger partial charge on any atom is 0.401 e. The third-order valence-corrected chi connectivity index (χ3v) is 4.40. The van der Waals surface area contributed by atoms with Gasteiger partial charge >= 0.3 is 6.18 Å². The molecule has 0 unspecified atom stereocenters. The average molecular weight is 407 g/mol. The van der Waals surface area contributed by atoms with E-state index in [0.29, 0.717) is 4.47 Å². The molecule has 1 aliphatic rings. The quantitative estimate of drug-likeness (QED) is 0.767. The van der Waals surface area contributed by atoms with Gasteiger partial charge in [0.1, 0.15) is 11.2 Å². The van der Waals surface area contributed by atoms with Crippen LogP contribution in [0.2, 0.25) is 0 Å². The molecule has 128 valence electrons. The van der Waals surface area contributed by atoms with Crippen LogP contribution in [0, 0.1) is 5.82 Å². The minimum atomic E-state index is -4.42. The molecule has 3 rings (SSSR count). The molecule has 1 fully saturated rings. The van der Waals surface area contributed by atoms with Gasteiger partial charge in [0.15, 0.2) is 11.6 Å². The van der Waals surface area contributed by atoms with Crippen molar-refractivity contribution in [2.45, 2.75) is 30.9 Å². The molecule has 1 N–H and O–H groups in total. The zero-order chi connectivity index (χ0) is 17.5. The Kier molecular flexibility index (Phi) is 4.15. The molecule has 4 nitrogen and oxygen atoms in total. The summed E-state index contributed by atoms with van der Waals surface area (Å²) in [6, 6.07) is 5.31. The van der Waals surface area contributed by atoms with Crippen LogP contribution < -0.4 is 5.32 Å². The Morgan fingerprint density at radius 3 is 2.62 bits per heavy atom. The third-order valence-electron chi connectivity index (χ3n) is 3.91. The first-order valence-electron chi connectivity index (χ1n) is 6.99. The minimum absolute atomic E-state index is 0.0663. The van der Waals surface area contributed by atoms with Gasteiger partial charge in [-0.3, -0.25) is 4.79 Å². The van der Waals surface area contributed by atoms with Crippen LogP contribution in [0.4, 0.5) is 23.4 Å². The van der Waals surface area contributed by atoms with Crippen LogP contribution >= 0.6 is 15.9 Å². The SMILES string of the molecule is O=C(Cc1ccc(Br)cc1F)Nc1cc(C2(C(F)(F)F)CC2)on1. The van der Waals surface area contributed by atoms with Gasteiger partial charge in [-0.2, -0.15) is 13.2 Å². The van der Waals surface area contributed by atoms with Crippen molar-refractivity contribution in [2.75, 3.05) is 5.32 Å². The van der Waals surface area contributed by atoms with E-state index in [1.807, 2.05) is 0 Å². The van der Waals surface area contributed by atoms with E-state index in [9.17, 15) is 22.4 Å². The van der Waals surface area contributed by atoms with E-state index < -0.39 is 23.3 Å². The molecule has 1 aromatic heterocycles. The van der Waals surface area contributed by atoms with Gasteiger partial charge in [0.2, 0.25) is 5.91 Å². The first-order valence-corrected chi connectivity index (χ1v) is 7.78. The van der Waals surface area contributed by atoms with Crippen LogP contribution in [0.15, 0.2) is 33.3 Å². The number of rotatable bonds is 4. The summed E-state index contributed by atoms with van der Waals surface area (Å²) in [5.74, 6) is -1.61. The van der Waals surface area contributed by atoms with E-state index in [1.165, 1.54) is 12.1 Å². The van der Waals surface area contributed by atoms with Crippen molar-refractivity contribution in [3.63, 3.8) is 0 Å². The lowest BCUT2D eigenvalue weighted by Gasteiger charge is -2.14. The van der Waals surface area contributed by atoms with Crippen LogP contribution in [-0.2, 0) is 16.6 Å². The zero-order valence-electron chi connectivity index (χ0n) is 12.1. The number of halogens is 5. The van der Waals surface area contributed by atoms with Crippen LogP contribution in [0.3, 0.4) is 0 Å². The monoisotopic (exact) mass is 406 g/mol. The number of nitrogens with one attached hydrogen (secondary N) is 1. The van der Waals surface area contributed by atoms with Crippen molar-refractivity contribution in [3.05, 3.63) is 45.9 Å². The summed E-state index contributed by atoms with van der Waals surface area (Å²) in [5.41, 5.74) is -1.84. The minimum Gasteiger partial charge on any atom is -0.358 e. The van der Waals surface area contributed by atoms with Crippen molar-refractivity contribution in [1.82, 2.24) is 5.16 Å². The lowest BCUT2D eigenvalue weighted by molar-refractivity contribution is -0.165. The average Bonchev–Trinajstić information content (AvgIpc) is 3.18. The van der Waals surface area contributed by atoms with Gasteiger partial charge in [0.05, 0.1) is 6.42 Å². The smallest absolute Gasteiger partial charge is 0.358 e. The van der Waals surface area contributed by atoms with E-state index in [-0.39, 0.29) is 36.4 Å². The molecule has 1 heterocycles. The largest absolute Gasteiger partial charge is 0.401 e. The molecule has 0 atom stereocenters. The Bertz CT molecular complexity index is 784. The Balaban J connectivity index is 1.68. The summed E-state index contributed by atoms with van der Waals surface area (Å²) in [6.45, 7) is 0. The second kappa shape index (κ2) is 5.87. The van der Waals surface area contributed by atoms with E-state index in [0.717, 1.165) is 6.07 Å². The zero-order valence-corrected chi connectivity index (χ0v) is 13.7. The second-order valence-electron chi connectivity index (χ2n) is 5.62. The summed E-state index contributed by atoms with van der Waals surface area (Å²) in [5, 5.41) is 5.76. The van der Waals surface area contributed by atoms with Crippen LogP contribution in [-0.4, -0.2) is 17.2 Å². The molecule has 9 heteroatoms. The predicted octanol–water partition coefficient (Wildman–Crippen LogP) is 4.35. The van der Waals surface area contributed by atoms with Crippen molar-refractivity contribution in [1.29, 1.82) is 0 Å². The number of amides is 1. The molecule has 0 radical (unpaired) electrons. The lowest BCUT2D eigenvalue weighted by atomic mass is 10.0. The Hall–Kier alpha value is -1.90. The van der Waals surface area contributed by atoms with Crippen molar-refractivity contribution < 1.29 is 26.9 Å². The predicted molar refractivity (Wildman–Crippen MR) is 79.9 cm³/mol. The van der Waals surface area contributed by atoms with Gasteiger partial charge in [0.25, 0.3) is 0 Å². The number of aromatic nitrogens is 1. The molecular formula is C15H11BrF4N2O2. The molecule has 24 heavy (non-hydrogen) atoms.